The van der Waals surface area contributed by atoms with Crippen molar-refractivity contribution in [3.8, 4) is 0 Å². The average molecular weight is 413 g/mol. The molecule has 0 spiro atoms. The zero-order valence-corrected chi connectivity index (χ0v) is 17.0. The van der Waals surface area contributed by atoms with Gasteiger partial charge in [-0.15, -0.1) is 0 Å². The second-order valence-electron chi connectivity index (χ2n) is 8.35. The van der Waals surface area contributed by atoms with E-state index < -0.39 is 62.2 Å². The number of aliphatic hydroxyl groups is 1. The van der Waals surface area contributed by atoms with Crippen LogP contribution < -0.4 is 0 Å². The number of esters is 2. The summed E-state index contributed by atoms with van der Waals surface area (Å²) in [5.74, 6) is -4.69. The minimum Gasteiger partial charge on any atom is -0.462 e. The lowest BCUT2D eigenvalue weighted by atomic mass is 9.65. The van der Waals surface area contributed by atoms with Crippen LogP contribution in [0.5, 0.6) is 0 Å². The third-order valence-corrected chi connectivity index (χ3v) is 6.22. The van der Waals surface area contributed by atoms with Crippen LogP contribution >= 0.6 is 0 Å². The van der Waals surface area contributed by atoms with Gasteiger partial charge in [0.1, 0.15) is 12.2 Å². The Morgan fingerprint density at radius 3 is 2.97 bits per heavy atom. The first-order valence-corrected chi connectivity index (χ1v) is 10.5. The number of cyclic esters (lactones) is 1. The molecule has 1 aliphatic heterocycles. The van der Waals surface area contributed by atoms with E-state index in [0.717, 1.165) is 0 Å². The summed E-state index contributed by atoms with van der Waals surface area (Å²) in [5, 5.41) is 10.1. The molecule has 1 saturated heterocycles. The maximum atomic E-state index is 13.0. The molecule has 8 atom stereocenters. The van der Waals surface area contributed by atoms with Crippen LogP contribution in [-0.4, -0.2) is 35.4 Å². The molecule has 1 heterocycles. The first-order chi connectivity index (χ1) is 17.0. The summed E-state index contributed by atoms with van der Waals surface area (Å²) in [4.78, 5) is 25.0. The molecule has 0 aromatic carbocycles. The van der Waals surface area contributed by atoms with Gasteiger partial charge in [0.15, 0.2) is 0 Å². The molecule has 3 aliphatic rings. The fraction of sp³-hybridized carbons (Fsp3) is 0.750. The van der Waals surface area contributed by atoms with Crippen molar-refractivity contribution in [2.45, 2.75) is 84.3 Å². The average Bonchev–Trinajstić information content (AvgIpc) is 2.75. The van der Waals surface area contributed by atoms with Crippen molar-refractivity contribution in [2.24, 2.45) is 29.6 Å². The molecular weight excluding hydrogens is 368 g/mol. The van der Waals surface area contributed by atoms with Crippen LogP contribution in [0.1, 0.15) is 77.0 Å². The number of allylic oxidation sites excluding steroid dienone is 3. The van der Waals surface area contributed by atoms with Crippen LogP contribution in [0.3, 0.4) is 0 Å². The van der Waals surface area contributed by atoms with E-state index >= 15 is 0 Å². The number of aliphatic hydroxyl groups excluding tert-OH is 1. The summed E-state index contributed by atoms with van der Waals surface area (Å²) in [6.07, 6.45) is 0.865. The minimum absolute atomic E-state index is 0.00657. The highest BCUT2D eigenvalue weighted by molar-refractivity contribution is 5.72. The van der Waals surface area contributed by atoms with Crippen LogP contribution in [0.25, 0.3) is 0 Å². The second kappa shape index (κ2) is 9.46. The standard InChI is InChI=1S/C24H36O5/c1-5-15(3)24(27)29-21-11-14(2)10-17-7-6-16(4)20(23(17)21)9-8-19-12-18(25)13-22(26)28-19/h6-7,10,14-16,18-21,23,25H,5,8-9,11-13H2,1-4H3/t14-,15-,16-,18+,19?,20-,21-,23-/m0/s1/i2D3,3D3,13D2. The molecule has 0 aromatic heterocycles. The van der Waals surface area contributed by atoms with Gasteiger partial charge in [0.05, 0.1) is 18.4 Å². The fourth-order valence-corrected chi connectivity index (χ4v) is 4.64. The van der Waals surface area contributed by atoms with Gasteiger partial charge in [0.2, 0.25) is 0 Å². The number of carbonyl (C=O) groups excluding carboxylic acids is 2. The Hall–Kier alpha value is -1.62. The predicted molar refractivity (Wildman–Crippen MR) is 111 cm³/mol. The summed E-state index contributed by atoms with van der Waals surface area (Å²) in [6.45, 7) is -1.30. The lowest BCUT2D eigenvalue weighted by molar-refractivity contribution is -0.162. The highest BCUT2D eigenvalue weighted by Gasteiger charge is 2.42. The van der Waals surface area contributed by atoms with E-state index in [4.69, 9.17) is 20.4 Å². The van der Waals surface area contributed by atoms with Crippen LogP contribution in [0, 0.1) is 29.6 Å². The van der Waals surface area contributed by atoms with Gasteiger partial charge in [0.25, 0.3) is 0 Å². The van der Waals surface area contributed by atoms with Crippen molar-refractivity contribution in [3.05, 3.63) is 23.8 Å². The molecule has 5 nitrogen and oxygen atoms in total. The molecule has 29 heavy (non-hydrogen) atoms. The number of fused-ring (bicyclic) bond motifs is 1. The molecule has 5 heteroatoms. The lowest BCUT2D eigenvalue weighted by Gasteiger charge is -2.43. The maximum absolute atomic E-state index is 13.0. The maximum Gasteiger partial charge on any atom is 0.308 e. The molecule has 162 valence electrons. The van der Waals surface area contributed by atoms with Gasteiger partial charge >= 0.3 is 11.9 Å². The van der Waals surface area contributed by atoms with Crippen LogP contribution in [0.2, 0.25) is 0 Å². The topological polar surface area (TPSA) is 72.8 Å². The molecule has 0 saturated carbocycles. The molecule has 1 N–H and O–H groups in total. The summed E-state index contributed by atoms with van der Waals surface area (Å²) < 4.78 is 73.2. The van der Waals surface area contributed by atoms with Crippen LogP contribution in [0.15, 0.2) is 23.8 Å². The van der Waals surface area contributed by atoms with Gasteiger partial charge in [0, 0.05) is 23.3 Å². The third kappa shape index (κ3) is 5.30. The number of hydrogen-bond acceptors (Lipinski definition) is 5. The van der Waals surface area contributed by atoms with Gasteiger partial charge in [-0.3, -0.25) is 9.59 Å². The smallest absolute Gasteiger partial charge is 0.308 e. The monoisotopic (exact) mass is 412 g/mol. The predicted octanol–water partition coefficient (Wildman–Crippen LogP) is 4.20. The van der Waals surface area contributed by atoms with E-state index in [-0.39, 0.29) is 37.0 Å². The van der Waals surface area contributed by atoms with E-state index in [1.54, 1.807) is 13.0 Å². The highest BCUT2D eigenvalue weighted by Crippen LogP contribution is 2.45. The minimum atomic E-state index is -2.54. The summed E-state index contributed by atoms with van der Waals surface area (Å²) >= 11 is 0. The second-order valence-corrected chi connectivity index (χ2v) is 8.35. The van der Waals surface area contributed by atoms with Gasteiger partial charge < -0.3 is 14.6 Å². The SMILES string of the molecule is [2H]C([2H])([2H])[C@H]1C=C2C=C[C@H](C)[C@H](CCC3C[C@@H](O)C([2H])([2H])C(=O)O3)[C@H]2[C@@H](OC(=O)[C@H](CC)C([2H])([2H])[2H])C1. The van der Waals surface area contributed by atoms with Gasteiger partial charge in [-0.25, -0.2) is 0 Å². The Morgan fingerprint density at radius 1 is 1.45 bits per heavy atom. The Balaban J connectivity index is 1.86. The van der Waals surface area contributed by atoms with Crippen molar-refractivity contribution in [3.63, 3.8) is 0 Å². The molecule has 0 bridgehead atoms. The zero-order chi connectivity index (χ0) is 27.9. The summed E-state index contributed by atoms with van der Waals surface area (Å²) in [6, 6.07) is 0. The Bertz CT molecular complexity index is 925. The zero-order valence-electron chi connectivity index (χ0n) is 25.0. The number of rotatable bonds is 6. The molecule has 1 fully saturated rings. The van der Waals surface area contributed by atoms with Gasteiger partial charge in [-0.05, 0) is 49.0 Å². The molecule has 0 aromatic rings. The molecule has 1 unspecified atom stereocenters. The summed E-state index contributed by atoms with van der Waals surface area (Å²) in [7, 11) is 0. The summed E-state index contributed by atoms with van der Waals surface area (Å²) in [5.41, 5.74) is 0.715. The van der Waals surface area contributed by atoms with Crippen molar-refractivity contribution < 1.29 is 35.1 Å². The van der Waals surface area contributed by atoms with Crippen molar-refractivity contribution in [1.29, 1.82) is 0 Å². The van der Waals surface area contributed by atoms with Crippen LogP contribution in [-0.2, 0) is 19.1 Å². The Morgan fingerprint density at radius 2 is 2.28 bits per heavy atom. The Labute approximate surface area is 185 Å². The molecule has 3 rings (SSSR count). The molecule has 0 amide bonds. The van der Waals surface area contributed by atoms with Gasteiger partial charge in [-0.1, -0.05) is 45.8 Å². The van der Waals surface area contributed by atoms with E-state index in [2.05, 4.69) is 0 Å². The number of carbonyl (C=O) groups is 2. The quantitative estimate of drug-likeness (QED) is 0.662. The normalized spacial score (nSPS) is 44.6. The first-order valence-electron chi connectivity index (χ1n) is 14.5. The molecule has 0 radical (unpaired) electrons. The number of hydrogen-bond donors (Lipinski definition) is 1. The first kappa shape index (κ1) is 13.6. The molecular formula is C24H36O5. The van der Waals surface area contributed by atoms with E-state index in [1.807, 2.05) is 19.1 Å². The van der Waals surface area contributed by atoms with Crippen molar-refractivity contribution in [1.82, 2.24) is 0 Å². The van der Waals surface area contributed by atoms with Crippen molar-refractivity contribution in [2.75, 3.05) is 0 Å². The highest BCUT2D eigenvalue weighted by atomic mass is 16.5. The van der Waals surface area contributed by atoms with Crippen molar-refractivity contribution >= 4 is 11.9 Å². The van der Waals surface area contributed by atoms with Gasteiger partial charge in [-0.2, -0.15) is 0 Å². The van der Waals surface area contributed by atoms with Crippen LogP contribution in [0.4, 0.5) is 0 Å². The fourth-order valence-electron chi connectivity index (χ4n) is 4.64. The largest absolute Gasteiger partial charge is 0.462 e. The van der Waals surface area contributed by atoms with E-state index in [1.165, 1.54) is 0 Å². The van der Waals surface area contributed by atoms with E-state index in [0.29, 0.717) is 18.4 Å². The lowest BCUT2D eigenvalue weighted by Crippen LogP contribution is -2.42. The Kier molecular flexibility index (Phi) is 4.45. The number of ether oxygens (including phenoxy) is 2. The molecule has 2 aliphatic carbocycles. The third-order valence-electron chi connectivity index (χ3n) is 6.22. The van der Waals surface area contributed by atoms with E-state index in [9.17, 15) is 14.7 Å².